The normalized spacial score (nSPS) is 10.9. The summed E-state index contributed by atoms with van der Waals surface area (Å²) < 4.78 is 13.8. The van der Waals surface area contributed by atoms with Gasteiger partial charge in [0, 0.05) is 10.7 Å². The lowest BCUT2D eigenvalue weighted by molar-refractivity contribution is 0.414. The molecule has 158 valence electrons. The summed E-state index contributed by atoms with van der Waals surface area (Å²) in [4.78, 5) is 30.9. The molecule has 0 radical (unpaired) electrons. The van der Waals surface area contributed by atoms with Crippen LogP contribution in [0.15, 0.2) is 74.9 Å². The van der Waals surface area contributed by atoms with Crippen LogP contribution in [0, 0.1) is 0 Å². The lowest BCUT2D eigenvalue weighted by Crippen LogP contribution is -2.40. The number of ether oxygens (including phenoxy) is 2. The van der Waals surface area contributed by atoms with Gasteiger partial charge in [-0.15, -0.1) is 0 Å². The fourth-order valence-electron chi connectivity index (χ4n) is 3.38. The summed E-state index contributed by atoms with van der Waals surface area (Å²) in [6.07, 6.45) is 1.58. The number of halogens is 1. The van der Waals surface area contributed by atoms with E-state index < -0.39 is 5.69 Å². The quantitative estimate of drug-likeness (QED) is 0.421. The molecule has 0 amide bonds. The SMILES string of the molecule is COc1ccc(Cn2c(=O)c3cc(Br)cnc3n(Cc3ccc(OC)cc3)c2=O)cc1. The molecule has 0 aliphatic rings. The minimum absolute atomic E-state index is 0.146. The summed E-state index contributed by atoms with van der Waals surface area (Å²) in [5.74, 6) is 1.44. The van der Waals surface area contributed by atoms with Gasteiger partial charge in [-0.2, -0.15) is 0 Å². The van der Waals surface area contributed by atoms with E-state index in [1.807, 2.05) is 36.4 Å². The molecule has 0 fully saturated rings. The van der Waals surface area contributed by atoms with Crippen molar-refractivity contribution in [3.8, 4) is 11.5 Å². The van der Waals surface area contributed by atoms with E-state index in [0.717, 1.165) is 16.9 Å². The van der Waals surface area contributed by atoms with E-state index in [-0.39, 0.29) is 18.6 Å². The highest BCUT2D eigenvalue weighted by atomic mass is 79.9. The highest BCUT2D eigenvalue weighted by molar-refractivity contribution is 9.10. The zero-order valence-electron chi connectivity index (χ0n) is 17.0. The number of benzene rings is 2. The highest BCUT2D eigenvalue weighted by Gasteiger charge is 2.15. The zero-order chi connectivity index (χ0) is 22.0. The average molecular weight is 482 g/mol. The maximum atomic E-state index is 13.4. The number of nitrogens with zero attached hydrogens (tertiary/aromatic N) is 3. The molecule has 0 spiro atoms. The van der Waals surface area contributed by atoms with Gasteiger partial charge < -0.3 is 9.47 Å². The van der Waals surface area contributed by atoms with Gasteiger partial charge in [0.05, 0.1) is 32.7 Å². The Kier molecular flexibility index (Phi) is 5.90. The Bertz CT molecular complexity index is 1340. The lowest BCUT2D eigenvalue weighted by atomic mass is 10.2. The molecule has 2 aromatic heterocycles. The average Bonchev–Trinajstić information content (AvgIpc) is 2.80. The molecule has 0 aliphatic carbocycles. The Hall–Kier alpha value is -3.39. The van der Waals surface area contributed by atoms with Crippen molar-refractivity contribution in [1.29, 1.82) is 0 Å². The first-order valence-electron chi connectivity index (χ1n) is 9.55. The van der Waals surface area contributed by atoms with Gasteiger partial charge in [-0.1, -0.05) is 24.3 Å². The van der Waals surface area contributed by atoms with Crippen LogP contribution in [0.3, 0.4) is 0 Å². The molecular weight excluding hydrogens is 462 g/mol. The largest absolute Gasteiger partial charge is 0.497 e. The van der Waals surface area contributed by atoms with Crippen LogP contribution in [0.1, 0.15) is 11.1 Å². The topological polar surface area (TPSA) is 75.3 Å². The summed E-state index contributed by atoms with van der Waals surface area (Å²) >= 11 is 3.37. The molecule has 7 nitrogen and oxygen atoms in total. The van der Waals surface area contributed by atoms with Crippen LogP contribution >= 0.6 is 15.9 Å². The Morgan fingerprint density at radius 1 is 0.839 bits per heavy atom. The van der Waals surface area contributed by atoms with Crippen molar-refractivity contribution in [2.24, 2.45) is 0 Å². The predicted octanol–water partition coefficient (Wildman–Crippen LogP) is 3.43. The maximum Gasteiger partial charge on any atom is 0.333 e. The summed E-state index contributed by atoms with van der Waals surface area (Å²) in [6, 6.07) is 16.4. The Morgan fingerprint density at radius 2 is 1.35 bits per heavy atom. The van der Waals surface area contributed by atoms with Crippen molar-refractivity contribution in [2.75, 3.05) is 14.2 Å². The molecule has 0 saturated carbocycles. The van der Waals surface area contributed by atoms with Gasteiger partial charge in [0.15, 0.2) is 0 Å². The second-order valence-electron chi connectivity index (χ2n) is 6.98. The van der Waals surface area contributed by atoms with Gasteiger partial charge in [0.25, 0.3) is 5.56 Å². The molecule has 2 heterocycles. The molecule has 0 bridgehead atoms. The van der Waals surface area contributed by atoms with Crippen LogP contribution in [0.4, 0.5) is 0 Å². The second-order valence-corrected chi connectivity index (χ2v) is 7.90. The Labute approximate surface area is 186 Å². The van der Waals surface area contributed by atoms with Crippen molar-refractivity contribution in [3.05, 3.63) is 97.2 Å². The summed E-state index contributed by atoms with van der Waals surface area (Å²) in [5, 5.41) is 0.371. The molecule has 8 heteroatoms. The van der Waals surface area contributed by atoms with Crippen LogP contribution < -0.4 is 20.7 Å². The van der Waals surface area contributed by atoms with E-state index in [0.29, 0.717) is 21.3 Å². The van der Waals surface area contributed by atoms with Crippen molar-refractivity contribution in [3.63, 3.8) is 0 Å². The predicted molar refractivity (Wildman–Crippen MR) is 122 cm³/mol. The number of methoxy groups -OCH3 is 2. The molecule has 0 aliphatic heterocycles. The number of hydrogen-bond acceptors (Lipinski definition) is 5. The molecule has 31 heavy (non-hydrogen) atoms. The number of fused-ring (bicyclic) bond motifs is 1. The lowest BCUT2D eigenvalue weighted by Gasteiger charge is -2.14. The van der Waals surface area contributed by atoms with Crippen molar-refractivity contribution >= 4 is 27.0 Å². The first-order valence-corrected chi connectivity index (χ1v) is 10.3. The van der Waals surface area contributed by atoms with Gasteiger partial charge in [0.1, 0.15) is 17.1 Å². The smallest absolute Gasteiger partial charge is 0.333 e. The van der Waals surface area contributed by atoms with Crippen molar-refractivity contribution < 1.29 is 9.47 Å². The van der Waals surface area contributed by atoms with E-state index in [4.69, 9.17) is 9.47 Å². The molecule has 0 atom stereocenters. The van der Waals surface area contributed by atoms with Crippen LogP contribution in [0.25, 0.3) is 11.0 Å². The number of aromatic nitrogens is 3. The fourth-order valence-corrected chi connectivity index (χ4v) is 3.71. The Balaban J connectivity index is 1.85. The van der Waals surface area contributed by atoms with Crippen LogP contribution in [-0.2, 0) is 13.1 Å². The summed E-state index contributed by atoms with van der Waals surface area (Å²) in [7, 11) is 3.19. The third kappa shape index (κ3) is 4.25. The monoisotopic (exact) mass is 481 g/mol. The summed E-state index contributed by atoms with van der Waals surface area (Å²) in [5.41, 5.74) is 1.26. The van der Waals surface area contributed by atoms with E-state index >= 15 is 0 Å². The first-order chi connectivity index (χ1) is 15.0. The maximum absolute atomic E-state index is 13.4. The van der Waals surface area contributed by atoms with Crippen LogP contribution in [-0.4, -0.2) is 28.3 Å². The molecule has 4 rings (SSSR count). The van der Waals surface area contributed by atoms with E-state index in [1.165, 1.54) is 9.13 Å². The van der Waals surface area contributed by atoms with Crippen LogP contribution in [0.5, 0.6) is 11.5 Å². The third-order valence-electron chi connectivity index (χ3n) is 5.03. The van der Waals surface area contributed by atoms with E-state index in [1.54, 1.807) is 38.6 Å². The van der Waals surface area contributed by atoms with Crippen molar-refractivity contribution in [1.82, 2.24) is 14.1 Å². The first kappa shape index (κ1) is 20.9. The molecule has 0 N–H and O–H groups in total. The van der Waals surface area contributed by atoms with Crippen LogP contribution in [0.2, 0.25) is 0 Å². The summed E-state index contributed by atoms with van der Waals surface area (Å²) in [6.45, 7) is 0.420. The van der Waals surface area contributed by atoms with E-state index in [2.05, 4.69) is 20.9 Å². The van der Waals surface area contributed by atoms with Gasteiger partial charge in [-0.3, -0.25) is 13.9 Å². The minimum atomic E-state index is -0.418. The Morgan fingerprint density at radius 3 is 1.87 bits per heavy atom. The minimum Gasteiger partial charge on any atom is -0.497 e. The third-order valence-corrected chi connectivity index (χ3v) is 5.46. The van der Waals surface area contributed by atoms with Crippen molar-refractivity contribution in [2.45, 2.75) is 13.1 Å². The van der Waals surface area contributed by atoms with Gasteiger partial charge in [-0.05, 0) is 57.4 Å². The van der Waals surface area contributed by atoms with Gasteiger partial charge in [-0.25, -0.2) is 9.78 Å². The number of hydrogen-bond donors (Lipinski definition) is 0. The molecule has 0 saturated heterocycles. The number of rotatable bonds is 6. The van der Waals surface area contributed by atoms with E-state index in [9.17, 15) is 9.59 Å². The number of pyridine rings is 1. The van der Waals surface area contributed by atoms with Gasteiger partial charge >= 0.3 is 5.69 Å². The molecular formula is C23H20BrN3O4. The van der Waals surface area contributed by atoms with Gasteiger partial charge in [0.2, 0.25) is 0 Å². The fraction of sp³-hybridized carbons (Fsp3) is 0.174. The molecule has 0 unspecified atom stereocenters. The zero-order valence-corrected chi connectivity index (χ0v) is 18.6. The second kappa shape index (κ2) is 8.77. The molecule has 2 aromatic carbocycles. The molecule has 4 aromatic rings. The standard InChI is InChI=1S/C23H20BrN3O4/c1-30-18-7-3-15(4-8-18)13-26-21-20(11-17(24)12-25-21)22(28)27(23(26)29)14-16-5-9-19(31-2)10-6-16/h3-12H,13-14H2,1-2H3. The highest BCUT2D eigenvalue weighted by Crippen LogP contribution is 2.17.